The maximum Gasteiger partial charge on any atom is 0.119 e. The molecule has 20 heavy (non-hydrogen) atoms. The zero-order chi connectivity index (χ0) is 14.4. The molecule has 1 N–H and O–H groups in total. The molecule has 0 saturated carbocycles. The Morgan fingerprint density at radius 3 is 2.80 bits per heavy atom. The van der Waals surface area contributed by atoms with Gasteiger partial charge in [0.05, 0.1) is 18.2 Å². The minimum atomic E-state index is 0.220. The van der Waals surface area contributed by atoms with Gasteiger partial charge >= 0.3 is 0 Å². The Kier molecular flexibility index (Phi) is 5.40. The molecule has 2 rings (SSSR count). The number of benzene rings is 1. The van der Waals surface area contributed by atoms with E-state index in [1.54, 1.807) is 12.1 Å². The number of rotatable bonds is 5. The first-order chi connectivity index (χ1) is 9.74. The van der Waals surface area contributed by atoms with Gasteiger partial charge in [0.15, 0.2) is 0 Å². The Labute approximate surface area is 120 Å². The van der Waals surface area contributed by atoms with Gasteiger partial charge in [-0.1, -0.05) is 6.92 Å². The number of likely N-dealkylation sites (tertiary alicyclic amines) is 1. The fourth-order valence-corrected chi connectivity index (χ4v) is 2.81. The topological polar surface area (TPSA) is 56.5 Å². The Bertz CT molecular complexity index is 453. The van der Waals surface area contributed by atoms with Crippen LogP contribution in [-0.2, 0) is 0 Å². The van der Waals surface area contributed by atoms with Crippen molar-refractivity contribution in [2.45, 2.75) is 25.8 Å². The number of piperidine rings is 1. The van der Waals surface area contributed by atoms with Crippen LogP contribution in [0.4, 0.5) is 0 Å². The van der Waals surface area contributed by atoms with Crippen LogP contribution in [0.15, 0.2) is 24.3 Å². The third kappa shape index (κ3) is 3.72. The van der Waals surface area contributed by atoms with Gasteiger partial charge in [0.2, 0.25) is 0 Å². The van der Waals surface area contributed by atoms with Crippen molar-refractivity contribution < 1.29 is 9.84 Å². The average Bonchev–Trinajstić information content (AvgIpc) is 2.48. The van der Waals surface area contributed by atoms with Gasteiger partial charge in [-0.3, -0.25) is 4.90 Å². The predicted octanol–water partition coefficient (Wildman–Crippen LogP) is 2.03. The van der Waals surface area contributed by atoms with Crippen molar-refractivity contribution in [3.8, 4) is 11.8 Å². The maximum absolute atomic E-state index is 9.49. The Hall–Kier alpha value is -1.57. The molecule has 4 nitrogen and oxygen atoms in total. The second kappa shape index (κ2) is 7.28. The number of nitriles is 1. The number of aliphatic hydroxyl groups excluding tert-OH is 1. The monoisotopic (exact) mass is 274 g/mol. The molecule has 1 aliphatic rings. The summed E-state index contributed by atoms with van der Waals surface area (Å²) in [4.78, 5) is 2.32. The van der Waals surface area contributed by atoms with Crippen LogP contribution in [0.5, 0.6) is 5.75 Å². The summed E-state index contributed by atoms with van der Waals surface area (Å²) in [6, 6.07) is 9.50. The van der Waals surface area contributed by atoms with E-state index in [1.165, 1.54) is 12.8 Å². The number of nitrogens with zero attached hydrogens (tertiary/aromatic N) is 2. The van der Waals surface area contributed by atoms with Gasteiger partial charge in [-0.05, 0) is 49.6 Å². The molecular weight excluding hydrogens is 252 g/mol. The zero-order valence-electron chi connectivity index (χ0n) is 12.0. The average molecular weight is 274 g/mol. The van der Waals surface area contributed by atoms with E-state index in [9.17, 15) is 5.11 Å². The standard InChI is InChI=1S/C16H22N2O2/c1-13-3-2-8-18(16(13)12-19)9-10-20-15-6-4-14(11-17)5-7-15/h4-7,13,16,19H,2-3,8-10,12H2,1H3. The van der Waals surface area contributed by atoms with E-state index < -0.39 is 0 Å². The fraction of sp³-hybridized carbons (Fsp3) is 0.562. The third-order valence-electron chi connectivity index (χ3n) is 4.05. The summed E-state index contributed by atoms with van der Waals surface area (Å²) >= 11 is 0. The highest BCUT2D eigenvalue weighted by atomic mass is 16.5. The van der Waals surface area contributed by atoms with Crippen LogP contribution >= 0.6 is 0 Å². The molecule has 0 aliphatic carbocycles. The Morgan fingerprint density at radius 2 is 2.15 bits per heavy atom. The van der Waals surface area contributed by atoms with E-state index in [4.69, 9.17) is 10.00 Å². The molecule has 1 aromatic carbocycles. The van der Waals surface area contributed by atoms with Crippen LogP contribution < -0.4 is 4.74 Å². The van der Waals surface area contributed by atoms with E-state index in [0.29, 0.717) is 18.1 Å². The van der Waals surface area contributed by atoms with E-state index in [-0.39, 0.29) is 12.6 Å². The van der Waals surface area contributed by atoms with Crippen LogP contribution in [0.1, 0.15) is 25.3 Å². The van der Waals surface area contributed by atoms with E-state index in [0.717, 1.165) is 18.8 Å². The maximum atomic E-state index is 9.49. The molecule has 2 unspecified atom stereocenters. The fourth-order valence-electron chi connectivity index (χ4n) is 2.81. The van der Waals surface area contributed by atoms with Crippen molar-refractivity contribution in [2.24, 2.45) is 5.92 Å². The van der Waals surface area contributed by atoms with Crippen LogP contribution in [0.25, 0.3) is 0 Å². The Morgan fingerprint density at radius 1 is 1.40 bits per heavy atom. The van der Waals surface area contributed by atoms with Crippen LogP contribution in [0.3, 0.4) is 0 Å². The van der Waals surface area contributed by atoms with Crippen molar-refractivity contribution in [1.29, 1.82) is 5.26 Å². The van der Waals surface area contributed by atoms with E-state index in [1.807, 2.05) is 12.1 Å². The van der Waals surface area contributed by atoms with Gasteiger partial charge < -0.3 is 9.84 Å². The second-order valence-electron chi connectivity index (χ2n) is 5.39. The summed E-state index contributed by atoms with van der Waals surface area (Å²) in [6.07, 6.45) is 2.38. The molecule has 1 aromatic rings. The Balaban J connectivity index is 1.81. The van der Waals surface area contributed by atoms with Gasteiger partial charge in [0.25, 0.3) is 0 Å². The highest BCUT2D eigenvalue weighted by Gasteiger charge is 2.27. The molecule has 1 heterocycles. The molecule has 1 saturated heterocycles. The predicted molar refractivity (Wildman–Crippen MR) is 77.5 cm³/mol. The quantitative estimate of drug-likeness (QED) is 0.892. The minimum absolute atomic E-state index is 0.220. The molecule has 0 radical (unpaired) electrons. The smallest absolute Gasteiger partial charge is 0.119 e. The number of aliphatic hydroxyl groups is 1. The lowest BCUT2D eigenvalue weighted by atomic mass is 9.91. The SMILES string of the molecule is CC1CCCN(CCOc2ccc(C#N)cc2)C1CO. The first-order valence-corrected chi connectivity index (χ1v) is 7.22. The van der Waals surface area contributed by atoms with Gasteiger partial charge in [-0.25, -0.2) is 0 Å². The van der Waals surface area contributed by atoms with E-state index in [2.05, 4.69) is 17.9 Å². The number of hydrogen-bond donors (Lipinski definition) is 1. The van der Waals surface area contributed by atoms with Crippen molar-refractivity contribution in [1.82, 2.24) is 4.90 Å². The first kappa shape index (κ1) is 14.8. The summed E-state index contributed by atoms with van der Waals surface area (Å²) in [5.74, 6) is 1.33. The van der Waals surface area contributed by atoms with Crippen LogP contribution in [0, 0.1) is 17.2 Å². The molecule has 2 atom stereocenters. The molecule has 0 amide bonds. The lowest BCUT2D eigenvalue weighted by molar-refractivity contribution is 0.0435. The zero-order valence-corrected chi connectivity index (χ0v) is 12.0. The molecule has 0 aromatic heterocycles. The molecule has 108 valence electrons. The summed E-state index contributed by atoms with van der Waals surface area (Å²) in [6.45, 7) is 4.89. The molecular formula is C16H22N2O2. The molecule has 0 bridgehead atoms. The highest BCUT2D eigenvalue weighted by molar-refractivity contribution is 5.34. The van der Waals surface area contributed by atoms with Crippen molar-refractivity contribution in [2.75, 3.05) is 26.3 Å². The van der Waals surface area contributed by atoms with Gasteiger partial charge in [-0.15, -0.1) is 0 Å². The number of hydrogen-bond acceptors (Lipinski definition) is 4. The summed E-state index contributed by atoms with van der Waals surface area (Å²) in [7, 11) is 0. The van der Waals surface area contributed by atoms with Crippen molar-refractivity contribution >= 4 is 0 Å². The third-order valence-corrected chi connectivity index (χ3v) is 4.05. The highest BCUT2D eigenvalue weighted by Crippen LogP contribution is 2.22. The minimum Gasteiger partial charge on any atom is -0.492 e. The van der Waals surface area contributed by atoms with Gasteiger partial charge in [-0.2, -0.15) is 5.26 Å². The van der Waals surface area contributed by atoms with Gasteiger partial charge in [0.1, 0.15) is 12.4 Å². The van der Waals surface area contributed by atoms with Crippen LogP contribution in [-0.4, -0.2) is 42.4 Å². The van der Waals surface area contributed by atoms with Crippen LogP contribution in [0.2, 0.25) is 0 Å². The molecule has 1 fully saturated rings. The number of ether oxygens (including phenoxy) is 1. The lowest BCUT2D eigenvalue weighted by Crippen LogP contribution is -2.48. The normalized spacial score (nSPS) is 23.2. The summed E-state index contributed by atoms with van der Waals surface area (Å²) in [5, 5.41) is 18.2. The lowest BCUT2D eigenvalue weighted by Gasteiger charge is -2.38. The second-order valence-corrected chi connectivity index (χ2v) is 5.39. The van der Waals surface area contributed by atoms with E-state index >= 15 is 0 Å². The van der Waals surface area contributed by atoms with Gasteiger partial charge in [0, 0.05) is 12.6 Å². The molecule has 1 aliphatic heterocycles. The summed E-state index contributed by atoms with van der Waals surface area (Å²) in [5.41, 5.74) is 0.641. The first-order valence-electron chi connectivity index (χ1n) is 7.22. The molecule has 0 spiro atoms. The van der Waals surface area contributed by atoms with Crippen molar-refractivity contribution in [3.63, 3.8) is 0 Å². The molecule has 4 heteroatoms. The summed E-state index contributed by atoms with van der Waals surface area (Å²) < 4.78 is 5.70. The van der Waals surface area contributed by atoms with Crippen molar-refractivity contribution in [3.05, 3.63) is 29.8 Å². The largest absolute Gasteiger partial charge is 0.492 e.